The van der Waals surface area contributed by atoms with Gasteiger partial charge in [-0.2, -0.15) is 0 Å². The lowest BCUT2D eigenvalue weighted by molar-refractivity contribution is -0.145. The number of hydrogen-bond donors (Lipinski definition) is 1. The second-order valence-corrected chi connectivity index (χ2v) is 3.80. The summed E-state index contributed by atoms with van der Waals surface area (Å²) >= 11 is 0. The Morgan fingerprint density at radius 2 is 2.25 bits per heavy atom. The molecule has 1 saturated heterocycles. The molecule has 1 rings (SSSR count). The number of carbonyl (C=O) groups excluding carboxylic acids is 1. The van der Waals surface area contributed by atoms with Gasteiger partial charge < -0.3 is 14.7 Å². The van der Waals surface area contributed by atoms with Gasteiger partial charge in [-0.3, -0.25) is 4.79 Å². The highest BCUT2D eigenvalue weighted by molar-refractivity contribution is 5.70. The van der Waals surface area contributed by atoms with E-state index in [-0.39, 0.29) is 26.1 Å². The third kappa shape index (κ3) is 3.36. The molecule has 0 saturated carbocycles. The van der Waals surface area contributed by atoms with Crippen molar-refractivity contribution in [2.24, 2.45) is 5.92 Å². The lowest BCUT2D eigenvalue weighted by atomic mass is 9.92. The zero-order chi connectivity index (χ0) is 12.1. The molecule has 5 nitrogen and oxygen atoms in total. The fourth-order valence-corrected chi connectivity index (χ4v) is 1.79. The van der Waals surface area contributed by atoms with E-state index in [0.29, 0.717) is 6.42 Å². The molecule has 0 aliphatic carbocycles. The van der Waals surface area contributed by atoms with Gasteiger partial charge in [0.05, 0.1) is 19.6 Å². The largest absolute Gasteiger partial charge is 0.466 e. The van der Waals surface area contributed by atoms with E-state index in [0.717, 1.165) is 4.90 Å². The van der Waals surface area contributed by atoms with Crippen LogP contribution in [0.5, 0.6) is 0 Å². The van der Waals surface area contributed by atoms with Crippen LogP contribution in [-0.4, -0.2) is 47.9 Å². The van der Waals surface area contributed by atoms with Gasteiger partial charge in [-0.25, -0.2) is 9.18 Å². The molecule has 0 radical (unpaired) electrons. The van der Waals surface area contributed by atoms with Gasteiger partial charge in [0.2, 0.25) is 0 Å². The molecule has 1 aliphatic heterocycles. The van der Waals surface area contributed by atoms with E-state index in [2.05, 4.69) is 0 Å². The third-order valence-corrected chi connectivity index (χ3v) is 2.68. The van der Waals surface area contributed by atoms with Crippen molar-refractivity contribution in [3.8, 4) is 0 Å². The highest BCUT2D eigenvalue weighted by Crippen LogP contribution is 2.24. The van der Waals surface area contributed by atoms with Crippen molar-refractivity contribution in [1.82, 2.24) is 4.90 Å². The van der Waals surface area contributed by atoms with Crippen LogP contribution in [0.3, 0.4) is 0 Å². The van der Waals surface area contributed by atoms with E-state index in [9.17, 15) is 14.0 Å². The van der Waals surface area contributed by atoms with Crippen LogP contribution in [0, 0.1) is 5.92 Å². The molecule has 92 valence electrons. The first-order valence-corrected chi connectivity index (χ1v) is 5.32. The van der Waals surface area contributed by atoms with Crippen molar-refractivity contribution < 1.29 is 23.8 Å². The summed E-state index contributed by atoms with van der Waals surface area (Å²) in [5.41, 5.74) is 0. The first kappa shape index (κ1) is 12.7. The van der Waals surface area contributed by atoms with Crippen LogP contribution in [-0.2, 0) is 9.53 Å². The van der Waals surface area contributed by atoms with Crippen molar-refractivity contribution in [3.63, 3.8) is 0 Å². The summed E-state index contributed by atoms with van der Waals surface area (Å²) in [5, 5.41) is 8.68. The number of hydrogen-bond acceptors (Lipinski definition) is 3. The lowest BCUT2D eigenvalue weighted by Gasteiger charge is -2.32. The van der Waals surface area contributed by atoms with Gasteiger partial charge >= 0.3 is 12.1 Å². The molecule has 0 unspecified atom stereocenters. The summed E-state index contributed by atoms with van der Waals surface area (Å²) < 4.78 is 18.3. The van der Waals surface area contributed by atoms with Crippen LogP contribution in [0.15, 0.2) is 0 Å². The molecular weight excluding hydrogens is 217 g/mol. The smallest absolute Gasteiger partial charge is 0.407 e. The van der Waals surface area contributed by atoms with E-state index in [4.69, 9.17) is 9.84 Å². The van der Waals surface area contributed by atoms with Crippen molar-refractivity contribution in [2.45, 2.75) is 25.9 Å². The summed E-state index contributed by atoms with van der Waals surface area (Å²) in [5.74, 6) is -0.839. The fraction of sp³-hybridized carbons (Fsp3) is 0.800. The summed E-state index contributed by atoms with van der Waals surface area (Å²) in [6.45, 7) is 2.10. The predicted octanol–water partition coefficient (Wildman–Crippen LogP) is 1.28. The highest BCUT2D eigenvalue weighted by atomic mass is 19.1. The molecule has 0 aromatic heterocycles. The first-order chi connectivity index (χ1) is 7.54. The van der Waals surface area contributed by atoms with Crippen molar-refractivity contribution in [3.05, 3.63) is 0 Å². The molecule has 6 heteroatoms. The highest BCUT2D eigenvalue weighted by Gasteiger charge is 2.32. The van der Waals surface area contributed by atoms with Crippen LogP contribution in [0.4, 0.5) is 9.18 Å². The van der Waals surface area contributed by atoms with Gasteiger partial charge in [0.15, 0.2) is 0 Å². The average molecular weight is 233 g/mol. The molecule has 1 aliphatic rings. The van der Waals surface area contributed by atoms with Gasteiger partial charge in [-0.15, -0.1) is 0 Å². The Morgan fingerprint density at radius 1 is 1.56 bits per heavy atom. The standard InChI is InChI=1S/C10H16FNO4/c1-2-16-9(13)5-7-3-4-12(10(14)15)6-8(7)11/h7-8H,2-6H2,1H3,(H,14,15)/t7-,8-/m0/s1. The SMILES string of the molecule is CCOC(=O)C[C@@H]1CCN(C(=O)O)C[C@@H]1F. The summed E-state index contributed by atoms with van der Waals surface area (Å²) in [7, 11) is 0. The number of carbonyl (C=O) groups is 2. The number of nitrogens with zero attached hydrogens (tertiary/aromatic N) is 1. The second-order valence-electron chi connectivity index (χ2n) is 3.80. The molecule has 1 amide bonds. The number of carboxylic acid groups (broad SMARTS) is 1. The lowest BCUT2D eigenvalue weighted by Crippen LogP contribution is -2.44. The maximum atomic E-state index is 13.5. The Kier molecular flexibility index (Phi) is 4.52. The Morgan fingerprint density at radius 3 is 2.75 bits per heavy atom. The zero-order valence-corrected chi connectivity index (χ0v) is 9.19. The molecule has 1 heterocycles. The number of halogens is 1. The minimum atomic E-state index is -1.28. The molecule has 2 atom stereocenters. The van der Waals surface area contributed by atoms with E-state index in [1.165, 1.54) is 0 Å². The monoisotopic (exact) mass is 233 g/mol. The van der Waals surface area contributed by atoms with Crippen LogP contribution in [0.1, 0.15) is 19.8 Å². The van der Waals surface area contributed by atoms with E-state index < -0.39 is 24.2 Å². The maximum Gasteiger partial charge on any atom is 0.407 e. The van der Waals surface area contributed by atoms with Crippen molar-refractivity contribution in [1.29, 1.82) is 0 Å². The van der Waals surface area contributed by atoms with Gasteiger partial charge in [-0.1, -0.05) is 0 Å². The van der Waals surface area contributed by atoms with Crippen LogP contribution < -0.4 is 0 Å². The topological polar surface area (TPSA) is 66.8 Å². The average Bonchev–Trinajstić information content (AvgIpc) is 2.21. The predicted molar refractivity (Wildman–Crippen MR) is 53.9 cm³/mol. The van der Waals surface area contributed by atoms with E-state index in [1.807, 2.05) is 0 Å². The van der Waals surface area contributed by atoms with Gasteiger partial charge in [0, 0.05) is 12.5 Å². The maximum absolute atomic E-state index is 13.5. The summed E-state index contributed by atoms with van der Waals surface area (Å²) in [6.07, 6.45) is -2.00. The van der Waals surface area contributed by atoms with E-state index in [1.54, 1.807) is 6.92 Å². The quantitative estimate of drug-likeness (QED) is 0.745. The normalized spacial score (nSPS) is 25.2. The molecular formula is C10H16FNO4. The molecule has 0 bridgehead atoms. The summed E-state index contributed by atoms with van der Waals surface area (Å²) in [4.78, 5) is 22.8. The van der Waals surface area contributed by atoms with Crippen molar-refractivity contribution >= 4 is 12.1 Å². The minimum absolute atomic E-state index is 0.0302. The summed E-state index contributed by atoms with van der Waals surface area (Å²) in [6, 6.07) is 0. The fourth-order valence-electron chi connectivity index (χ4n) is 1.79. The molecule has 0 aromatic carbocycles. The Labute approximate surface area is 93.2 Å². The van der Waals surface area contributed by atoms with Crippen LogP contribution in [0.2, 0.25) is 0 Å². The Bertz CT molecular complexity index is 272. The number of rotatable bonds is 3. The number of likely N-dealkylation sites (tertiary alicyclic amines) is 1. The minimum Gasteiger partial charge on any atom is -0.466 e. The molecule has 16 heavy (non-hydrogen) atoms. The van der Waals surface area contributed by atoms with Crippen LogP contribution in [0.25, 0.3) is 0 Å². The van der Waals surface area contributed by atoms with Gasteiger partial charge in [0.1, 0.15) is 6.17 Å². The molecule has 1 N–H and O–H groups in total. The Balaban J connectivity index is 2.41. The second kappa shape index (κ2) is 5.67. The number of alkyl halides is 1. The number of amides is 1. The number of esters is 1. The number of ether oxygens (including phenoxy) is 1. The van der Waals surface area contributed by atoms with Crippen LogP contribution >= 0.6 is 0 Å². The zero-order valence-electron chi connectivity index (χ0n) is 9.19. The molecule has 1 fully saturated rings. The van der Waals surface area contributed by atoms with Gasteiger partial charge in [-0.05, 0) is 13.3 Å². The first-order valence-electron chi connectivity index (χ1n) is 5.32. The van der Waals surface area contributed by atoms with Gasteiger partial charge in [0.25, 0.3) is 0 Å². The molecule has 0 spiro atoms. The number of piperidine rings is 1. The van der Waals surface area contributed by atoms with Crippen molar-refractivity contribution in [2.75, 3.05) is 19.7 Å². The van der Waals surface area contributed by atoms with E-state index >= 15 is 0 Å². The third-order valence-electron chi connectivity index (χ3n) is 2.68. The Hall–Kier alpha value is -1.33. The molecule has 0 aromatic rings.